The monoisotopic (exact) mass is 500 g/mol. The summed E-state index contributed by atoms with van der Waals surface area (Å²) in [5, 5.41) is 10.1. The lowest BCUT2D eigenvalue weighted by molar-refractivity contribution is 0.493. The Morgan fingerprint density at radius 1 is 0.447 bits per heavy atom. The van der Waals surface area contributed by atoms with Crippen LogP contribution in [0.2, 0.25) is 0 Å². The predicted molar refractivity (Wildman–Crippen MR) is 163 cm³/mol. The third-order valence-corrected chi connectivity index (χ3v) is 9.26. The Morgan fingerprint density at radius 3 is 2.13 bits per heavy atom. The lowest BCUT2D eigenvalue weighted by Crippen LogP contribution is -1.96. The van der Waals surface area contributed by atoms with E-state index in [0.29, 0.717) is 0 Å². The van der Waals surface area contributed by atoms with Gasteiger partial charge in [-0.25, -0.2) is 0 Å². The van der Waals surface area contributed by atoms with Gasteiger partial charge in [-0.1, -0.05) is 97.1 Å². The van der Waals surface area contributed by atoms with E-state index in [4.69, 9.17) is 4.74 Å². The molecule has 0 radical (unpaired) electrons. The Hall–Kier alpha value is -4.66. The van der Waals surface area contributed by atoms with Crippen LogP contribution < -0.4 is 4.74 Å². The second-order valence-corrected chi connectivity index (χ2v) is 11.1. The first kappa shape index (κ1) is 20.4. The van der Waals surface area contributed by atoms with Crippen molar-refractivity contribution in [2.75, 3.05) is 0 Å². The van der Waals surface area contributed by atoms with Crippen molar-refractivity contribution in [2.24, 2.45) is 0 Å². The topological polar surface area (TPSA) is 9.23 Å². The molecule has 7 aromatic carbocycles. The van der Waals surface area contributed by atoms with E-state index in [1.54, 1.807) is 0 Å². The summed E-state index contributed by atoms with van der Waals surface area (Å²) < 4.78 is 9.13. The number of hydrogen-bond donors (Lipinski definition) is 0. The van der Waals surface area contributed by atoms with Crippen molar-refractivity contribution in [3.63, 3.8) is 0 Å². The minimum absolute atomic E-state index is 0.937. The van der Waals surface area contributed by atoms with Gasteiger partial charge in [-0.2, -0.15) is 0 Å². The molecule has 0 unspecified atom stereocenters. The normalized spacial score (nSPS) is 12.4. The smallest absolute Gasteiger partial charge is 0.135 e. The molecule has 176 valence electrons. The Morgan fingerprint density at radius 2 is 1.18 bits per heavy atom. The van der Waals surface area contributed by atoms with Crippen molar-refractivity contribution >= 4 is 63.8 Å². The van der Waals surface area contributed by atoms with Gasteiger partial charge >= 0.3 is 0 Å². The van der Waals surface area contributed by atoms with E-state index in [1.165, 1.54) is 74.7 Å². The summed E-state index contributed by atoms with van der Waals surface area (Å²) >= 11 is 1.88. The van der Waals surface area contributed by atoms with Crippen LogP contribution in [0.5, 0.6) is 11.5 Å². The molecule has 0 atom stereocenters. The minimum atomic E-state index is 0.937. The summed E-state index contributed by atoms with van der Waals surface area (Å²) in [7, 11) is 0. The van der Waals surface area contributed by atoms with Gasteiger partial charge in [0, 0.05) is 36.3 Å². The van der Waals surface area contributed by atoms with Gasteiger partial charge in [0.2, 0.25) is 0 Å². The van der Waals surface area contributed by atoms with Crippen LogP contribution in [0, 0.1) is 0 Å². The molecule has 1 aliphatic heterocycles. The Kier molecular flexibility index (Phi) is 3.99. The van der Waals surface area contributed by atoms with Crippen LogP contribution in [0.15, 0.2) is 121 Å². The summed E-state index contributed by atoms with van der Waals surface area (Å²) in [6.45, 7) is 0. The number of rotatable bonds is 2. The molecule has 0 saturated carbocycles. The molecule has 0 bridgehead atoms. The summed E-state index contributed by atoms with van der Waals surface area (Å²) in [4.78, 5) is 0. The fourth-order valence-electron chi connectivity index (χ4n) is 6.34. The van der Waals surface area contributed by atoms with Gasteiger partial charge in [-0.15, -0.1) is 11.3 Å². The Labute approximate surface area is 223 Å². The van der Waals surface area contributed by atoms with Gasteiger partial charge in [0.1, 0.15) is 11.5 Å². The molecule has 0 fully saturated rings. The van der Waals surface area contributed by atoms with Crippen molar-refractivity contribution in [2.45, 2.75) is 0 Å². The highest BCUT2D eigenvalue weighted by Gasteiger charge is 2.21. The van der Waals surface area contributed by atoms with Gasteiger partial charge in [0.15, 0.2) is 0 Å². The van der Waals surface area contributed by atoms with E-state index in [1.807, 2.05) is 11.3 Å². The molecule has 9 rings (SSSR count). The summed E-state index contributed by atoms with van der Waals surface area (Å²) in [6, 6.07) is 44.0. The maximum Gasteiger partial charge on any atom is 0.135 e. The molecule has 38 heavy (non-hydrogen) atoms. The van der Waals surface area contributed by atoms with E-state index >= 15 is 0 Å². The van der Waals surface area contributed by atoms with E-state index in [0.717, 1.165) is 11.5 Å². The second kappa shape index (κ2) is 7.44. The average Bonchev–Trinajstić information content (AvgIpc) is 3.36. The quantitative estimate of drug-likeness (QED) is 0.214. The van der Waals surface area contributed by atoms with E-state index in [9.17, 15) is 0 Å². The van der Waals surface area contributed by atoms with Crippen LogP contribution in [0.25, 0.3) is 74.7 Å². The highest BCUT2D eigenvalue weighted by atomic mass is 32.1. The molecule has 0 saturated heterocycles. The zero-order valence-corrected chi connectivity index (χ0v) is 21.2. The SMILES string of the molecule is c1cc(-c2ccc3c4c2ccc2ccc5cccc(c5c24)O3)cc(-c2cccc3c2sc2ccccc23)c1. The molecule has 0 aliphatic carbocycles. The Balaban J connectivity index is 1.30. The van der Waals surface area contributed by atoms with Crippen molar-refractivity contribution in [1.29, 1.82) is 0 Å². The molecule has 0 amide bonds. The zero-order valence-electron chi connectivity index (χ0n) is 20.4. The molecular weight excluding hydrogens is 480 g/mol. The van der Waals surface area contributed by atoms with Crippen molar-refractivity contribution < 1.29 is 4.74 Å². The van der Waals surface area contributed by atoms with Crippen molar-refractivity contribution in [3.8, 4) is 33.8 Å². The van der Waals surface area contributed by atoms with Gasteiger partial charge in [-0.3, -0.25) is 0 Å². The molecule has 1 aliphatic rings. The molecule has 0 N–H and O–H groups in total. The predicted octanol–water partition coefficient (Wildman–Crippen LogP) is 11.0. The average molecular weight is 501 g/mol. The summed E-state index contributed by atoms with van der Waals surface area (Å²) in [5.41, 5.74) is 4.99. The largest absolute Gasteiger partial charge is 0.456 e. The lowest BCUT2D eigenvalue weighted by Gasteiger charge is -2.21. The molecule has 1 nitrogen and oxygen atoms in total. The van der Waals surface area contributed by atoms with Gasteiger partial charge in [0.25, 0.3) is 0 Å². The zero-order chi connectivity index (χ0) is 24.8. The first-order chi connectivity index (χ1) is 18.8. The number of fused-ring (bicyclic) bond motifs is 3. The molecular formula is C36H20OS. The third-order valence-electron chi connectivity index (χ3n) is 8.04. The molecule has 1 aromatic heterocycles. The van der Waals surface area contributed by atoms with Gasteiger partial charge in [0.05, 0.1) is 0 Å². The highest BCUT2D eigenvalue weighted by Crippen LogP contribution is 2.49. The number of benzene rings is 7. The fraction of sp³-hybridized carbons (Fsp3) is 0. The Bertz CT molecular complexity index is 2270. The number of thiophene rings is 1. The molecule has 8 aromatic rings. The van der Waals surface area contributed by atoms with E-state index in [-0.39, 0.29) is 0 Å². The van der Waals surface area contributed by atoms with Crippen LogP contribution in [-0.2, 0) is 0 Å². The van der Waals surface area contributed by atoms with E-state index in [2.05, 4.69) is 121 Å². The van der Waals surface area contributed by atoms with Crippen LogP contribution in [0.3, 0.4) is 0 Å². The van der Waals surface area contributed by atoms with Crippen molar-refractivity contribution in [1.82, 2.24) is 0 Å². The molecule has 0 spiro atoms. The van der Waals surface area contributed by atoms with Gasteiger partial charge in [-0.05, 0) is 62.7 Å². The summed E-state index contributed by atoms with van der Waals surface area (Å²) in [5.74, 6) is 1.88. The van der Waals surface area contributed by atoms with Crippen LogP contribution >= 0.6 is 11.3 Å². The minimum Gasteiger partial charge on any atom is -0.456 e. The lowest BCUT2D eigenvalue weighted by atomic mass is 9.89. The number of hydrogen-bond acceptors (Lipinski definition) is 2. The maximum atomic E-state index is 6.45. The van der Waals surface area contributed by atoms with Crippen molar-refractivity contribution in [3.05, 3.63) is 121 Å². The summed E-state index contributed by atoms with van der Waals surface area (Å²) in [6.07, 6.45) is 0. The maximum absolute atomic E-state index is 6.45. The first-order valence-electron chi connectivity index (χ1n) is 12.9. The fourth-order valence-corrected chi connectivity index (χ4v) is 7.58. The third kappa shape index (κ3) is 2.70. The molecule has 2 heteroatoms. The van der Waals surface area contributed by atoms with Crippen LogP contribution in [-0.4, -0.2) is 0 Å². The highest BCUT2D eigenvalue weighted by molar-refractivity contribution is 7.26. The van der Waals surface area contributed by atoms with E-state index < -0.39 is 0 Å². The van der Waals surface area contributed by atoms with Crippen LogP contribution in [0.1, 0.15) is 0 Å². The number of ether oxygens (including phenoxy) is 1. The van der Waals surface area contributed by atoms with Crippen LogP contribution in [0.4, 0.5) is 0 Å². The first-order valence-corrected chi connectivity index (χ1v) is 13.8. The second-order valence-electron chi connectivity index (χ2n) is 10.1. The molecule has 2 heterocycles. The standard InChI is InChI=1S/C36H20OS/c1-2-13-32-27(9-1)29-11-5-10-26(36(29)38-32)24-8-3-7-23(20-24)25-18-19-31-35-28(25)17-16-22-15-14-21-6-4-12-30(37-31)33(21)34(22)35/h1-20H. The van der Waals surface area contributed by atoms with Gasteiger partial charge < -0.3 is 4.74 Å².